The van der Waals surface area contributed by atoms with Gasteiger partial charge in [0, 0.05) is 13.2 Å². The Balaban J connectivity index is 2.38. The van der Waals surface area contributed by atoms with Crippen molar-refractivity contribution in [2.45, 2.75) is 13.5 Å². The Morgan fingerprint density at radius 1 is 1.83 bits per heavy atom. The number of nitrogens with one attached hydrogen (secondary N) is 1. The summed E-state index contributed by atoms with van der Waals surface area (Å²) in [5, 5.41) is 3.34. The third kappa shape index (κ3) is 2.50. The van der Waals surface area contributed by atoms with Crippen LogP contribution in [0.4, 0.5) is 4.79 Å². The lowest BCUT2D eigenvalue weighted by Crippen LogP contribution is -2.18. The molecule has 66 valence electrons. The fourth-order valence-corrected chi connectivity index (χ4v) is 1.39. The lowest BCUT2D eigenvalue weighted by atomic mass is 10.6. The summed E-state index contributed by atoms with van der Waals surface area (Å²) in [5.74, 6) is 0. The number of alkyl carbamates (subject to hydrolysis) is 1. The second-order valence-corrected chi connectivity index (χ2v) is 3.49. The van der Waals surface area contributed by atoms with E-state index in [1.807, 2.05) is 6.92 Å². The van der Waals surface area contributed by atoms with Crippen molar-refractivity contribution in [3.05, 3.63) is 16.1 Å². The van der Waals surface area contributed by atoms with E-state index in [9.17, 15) is 4.79 Å². The molecular formula is C7H10N2O2S. The molecule has 0 aromatic carbocycles. The molecule has 0 aliphatic rings. The first-order valence-corrected chi connectivity index (χ1v) is 4.30. The average Bonchev–Trinajstić information content (AvgIpc) is 2.47. The maximum atomic E-state index is 10.6. The van der Waals surface area contributed by atoms with Gasteiger partial charge in [0.05, 0.1) is 9.88 Å². The number of carbonyl (C=O) groups is 1. The van der Waals surface area contributed by atoms with E-state index >= 15 is 0 Å². The summed E-state index contributed by atoms with van der Waals surface area (Å²) in [7, 11) is 1.53. The standard InChI is InChI=1S/C7H10N2O2S/c1-5-9-3-6(12-5)4-11-7(10)8-2/h3H,4H2,1-2H3,(H,8,10). The van der Waals surface area contributed by atoms with Crippen molar-refractivity contribution in [1.29, 1.82) is 0 Å². The van der Waals surface area contributed by atoms with Crippen LogP contribution in [-0.2, 0) is 11.3 Å². The summed E-state index contributed by atoms with van der Waals surface area (Å²) in [5.41, 5.74) is 0. The Kier molecular flexibility index (Phi) is 3.04. The molecule has 1 rings (SSSR count). The summed E-state index contributed by atoms with van der Waals surface area (Å²) in [6.45, 7) is 2.21. The molecule has 12 heavy (non-hydrogen) atoms. The number of hydrogen-bond donors (Lipinski definition) is 1. The number of hydrogen-bond acceptors (Lipinski definition) is 4. The number of rotatable bonds is 2. The molecule has 0 aliphatic carbocycles. The molecule has 1 heterocycles. The number of thiazole rings is 1. The van der Waals surface area contributed by atoms with Gasteiger partial charge in [-0.05, 0) is 6.92 Å². The lowest BCUT2D eigenvalue weighted by molar-refractivity contribution is 0.143. The van der Waals surface area contributed by atoms with E-state index in [2.05, 4.69) is 10.3 Å². The zero-order valence-electron chi connectivity index (χ0n) is 6.96. The SMILES string of the molecule is CNC(=O)OCc1cnc(C)s1. The quantitative estimate of drug-likeness (QED) is 0.757. The van der Waals surface area contributed by atoms with Crippen LogP contribution in [0.15, 0.2) is 6.20 Å². The number of carbonyl (C=O) groups excluding carboxylic acids is 1. The Labute approximate surface area is 74.6 Å². The van der Waals surface area contributed by atoms with E-state index in [0.29, 0.717) is 6.61 Å². The minimum Gasteiger partial charge on any atom is -0.444 e. The number of ether oxygens (including phenoxy) is 1. The van der Waals surface area contributed by atoms with E-state index in [0.717, 1.165) is 9.88 Å². The summed E-state index contributed by atoms with van der Waals surface area (Å²) < 4.78 is 4.81. The van der Waals surface area contributed by atoms with E-state index < -0.39 is 6.09 Å². The van der Waals surface area contributed by atoms with Gasteiger partial charge in [0.15, 0.2) is 0 Å². The largest absolute Gasteiger partial charge is 0.444 e. The van der Waals surface area contributed by atoms with Crippen molar-refractivity contribution in [3.63, 3.8) is 0 Å². The average molecular weight is 186 g/mol. The Morgan fingerprint density at radius 2 is 2.58 bits per heavy atom. The summed E-state index contributed by atoms with van der Waals surface area (Å²) in [6.07, 6.45) is 1.30. The van der Waals surface area contributed by atoms with E-state index in [4.69, 9.17) is 4.74 Å². The fraction of sp³-hybridized carbons (Fsp3) is 0.429. The number of amides is 1. The third-order valence-corrected chi connectivity index (χ3v) is 2.11. The second kappa shape index (κ2) is 4.06. The molecule has 0 bridgehead atoms. The molecule has 0 fully saturated rings. The predicted molar refractivity (Wildman–Crippen MR) is 46.1 cm³/mol. The molecule has 0 saturated heterocycles. The molecule has 0 atom stereocenters. The van der Waals surface area contributed by atoms with Gasteiger partial charge in [-0.1, -0.05) is 0 Å². The van der Waals surface area contributed by atoms with Crippen molar-refractivity contribution >= 4 is 17.4 Å². The van der Waals surface area contributed by atoms with Crippen LogP contribution in [0, 0.1) is 6.92 Å². The minimum atomic E-state index is -0.416. The maximum Gasteiger partial charge on any atom is 0.407 e. The first kappa shape index (κ1) is 8.99. The number of nitrogens with zero attached hydrogens (tertiary/aromatic N) is 1. The van der Waals surface area contributed by atoms with Crippen molar-refractivity contribution in [1.82, 2.24) is 10.3 Å². The number of aryl methyl sites for hydroxylation is 1. The smallest absolute Gasteiger partial charge is 0.407 e. The van der Waals surface area contributed by atoms with Gasteiger partial charge >= 0.3 is 6.09 Å². The van der Waals surface area contributed by atoms with Gasteiger partial charge < -0.3 is 10.1 Å². The molecule has 0 saturated carbocycles. The van der Waals surface area contributed by atoms with Gasteiger partial charge in [-0.3, -0.25) is 0 Å². The highest BCUT2D eigenvalue weighted by molar-refractivity contribution is 7.11. The van der Waals surface area contributed by atoms with Crippen LogP contribution in [0.5, 0.6) is 0 Å². The van der Waals surface area contributed by atoms with Crippen LogP contribution < -0.4 is 5.32 Å². The molecule has 1 aromatic rings. The maximum absolute atomic E-state index is 10.6. The van der Waals surface area contributed by atoms with Gasteiger partial charge in [-0.2, -0.15) is 0 Å². The summed E-state index contributed by atoms with van der Waals surface area (Å²) >= 11 is 1.52. The zero-order chi connectivity index (χ0) is 8.97. The third-order valence-electron chi connectivity index (χ3n) is 1.22. The van der Waals surface area contributed by atoms with Crippen LogP contribution in [0.2, 0.25) is 0 Å². The van der Waals surface area contributed by atoms with E-state index in [-0.39, 0.29) is 0 Å². The lowest BCUT2D eigenvalue weighted by Gasteiger charge is -1.99. The summed E-state index contributed by atoms with van der Waals surface area (Å²) in [6, 6.07) is 0. The van der Waals surface area contributed by atoms with Crippen LogP contribution in [-0.4, -0.2) is 18.1 Å². The highest BCUT2D eigenvalue weighted by Crippen LogP contribution is 2.12. The van der Waals surface area contributed by atoms with E-state index in [1.54, 1.807) is 6.20 Å². The summed E-state index contributed by atoms with van der Waals surface area (Å²) in [4.78, 5) is 15.6. The zero-order valence-corrected chi connectivity index (χ0v) is 7.77. The van der Waals surface area contributed by atoms with Crippen LogP contribution >= 0.6 is 11.3 Å². The van der Waals surface area contributed by atoms with Gasteiger partial charge in [0.1, 0.15) is 6.61 Å². The highest BCUT2D eigenvalue weighted by atomic mass is 32.1. The molecular weight excluding hydrogens is 176 g/mol. The molecule has 1 N–H and O–H groups in total. The van der Waals surface area contributed by atoms with Gasteiger partial charge in [0.2, 0.25) is 0 Å². The van der Waals surface area contributed by atoms with Gasteiger partial charge in [0.25, 0.3) is 0 Å². The molecule has 4 nitrogen and oxygen atoms in total. The van der Waals surface area contributed by atoms with Crippen molar-refractivity contribution in [2.24, 2.45) is 0 Å². The first-order chi connectivity index (χ1) is 5.72. The normalized spacial score (nSPS) is 9.50. The van der Waals surface area contributed by atoms with Crippen LogP contribution in [0.25, 0.3) is 0 Å². The molecule has 5 heteroatoms. The van der Waals surface area contributed by atoms with Crippen molar-refractivity contribution in [2.75, 3.05) is 7.05 Å². The monoisotopic (exact) mass is 186 g/mol. The second-order valence-electron chi connectivity index (χ2n) is 2.17. The van der Waals surface area contributed by atoms with Crippen LogP contribution in [0.1, 0.15) is 9.88 Å². The molecule has 1 amide bonds. The Morgan fingerprint density at radius 3 is 3.08 bits per heavy atom. The predicted octanol–water partition coefficient (Wildman–Crippen LogP) is 1.31. The Hall–Kier alpha value is -1.10. The van der Waals surface area contributed by atoms with Gasteiger partial charge in [-0.15, -0.1) is 11.3 Å². The molecule has 0 aliphatic heterocycles. The molecule has 1 aromatic heterocycles. The minimum absolute atomic E-state index is 0.297. The molecule has 0 radical (unpaired) electrons. The first-order valence-electron chi connectivity index (χ1n) is 3.48. The van der Waals surface area contributed by atoms with Crippen molar-refractivity contribution < 1.29 is 9.53 Å². The Bertz CT molecular complexity index is 272. The van der Waals surface area contributed by atoms with Gasteiger partial charge in [-0.25, -0.2) is 9.78 Å². The molecule has 0 unspecified atom stereocenters. The van der Waals surface area contributed by atoms with E-state index in [1.165, 1.54) is 18.4 Å². The number of aromatic nitrogens is 1. The molecule has 0 spiro atoms. The topological polar surface area (TPSA) is 51.2 Å². The van der Waals surface area contributed by atoms with Crippen LogP contribution in [0.3, 0.4) is 0 Å². The fourth-order valence-electron chi connectivity index (χ4n) is 0.681. The van der Waals surface area contributed by atoms with Crippen molar-refractivity contribution in [3.8, 4) is 0 Å². The highest BCUT2D eigenvalue weighted by Gasteiger charge is 2.01.